The summed E-state index contributed by atoms with van der Waals surface area (Å²) in [7, 11) is 0. The van der Waals surface area contributed by atoms with Gasteiger partial charge in [-0.1, -0.05) is 32.4 Å². The summed E-state index contributed by atoms with van der Waals surface area (Å²) in [5.41, 5.74) is 2.13. The molecule has 1 aromatic heterocycles. The summed E-state index contributed by atoms with van der Waals surface area (Å²) in [6, 6.07) is 8.28. The second-order valence-corrected chi connectivity index (χ2v) is 6.03. The zero-order valence-corrected chi connectivity index (χ0v) is 11.0. The summed E-state index contributed by atoms with van der Waals surface area (Å²) >= 11 is 0. The summed E-state index contributed by atoms with van der Waals surface area (Å²) in [6.45, 7) is 4.31. The molecular formula is C15H20N2O. The van der Waals surface area contributed by atoms with E-state index in [1.54, 1.807) is 0 Å². The minimum Gasteiger partial charge on any atom is -0.390 e. The van der Waals surface area contributed by atoms with Crippen LogP contribution in [0.1, 0.15) is 39.2 Å². The smallest absolute Gasteiger partial charge is 0.0961 e. The quantitative estimate of drug-likeness (QED) is 0.836. The van der Waals surface area contributed by atoms with E-state index >= 15 is 0 Å². The van der Waals surface area contributed by atoms with E-state index in [2.05, 4.69) is 29.5 Å². The number of benzene rings is 1. The van der Waals surface area contributed by atoms with Crippen LogP contribution < -0.4 is 0 Å². The molecule has 0 bridgehead atoms. The lowest BCUT2D eigenvalue weighted by atomic mass is 9.72. The summed E-state index contributed by atoms with van der Waals surface area (Å²) in [5, 5.41) is 10.6. The predicted molar refractivity (Wildman–Crippen MR) is 72.4 cm³/mol. The first-order chi connectivity index (χ1) is 8.59. The molecule has 2 aromatic rings. The van der Waals surface area contributed by atoms with Crippen molar-refractivity contribution < 1.29 is 5.11 Å². The molecule has 0 amide bonds. The number of nitrogens with zero attached hydrogens (tertiary/aromatic N) is 2. The van der Waals surface area contributed by atoms with Gasteiger partial charge in [-0.2, -0.15) is 0 Å². The van der Waals surface area contributed by atoms with Gasteiger partial charge in [-0.15, -0.1) is 0 Å². The molecule has 0 saturated heterocycles. The zero-order valence-electron chi connectivity index (χ0n) is 11.0. The van der Waals surface area contributed by atoms with Crippen LogP contribution in [0, 0.1) is 5.41 Å². The van der Waals surface area contributed by atoms with Gasteiger partial charge >= 0.3 is 0 Å². The molecule has 0 radical (unpaired) electrons. The van der Waals surface area contributed by atoms with E-state index in [1.165, 1.54) is 6.42 Å². The normalized spacial score (nSPS) is 27.5. The minimum absolute atomic E-state index is 0.00566. The Morgan fingerprint density at radius 3 is 2.94 bits per heavy atom. The number of hydrogen-bond acceptors (Lipinski definition) is 2. The van der Waals surface area contributed by atoms with Crippen LogP contribution >= 0.6 is 0 Å². The Morgan fingerprint density at radius 1 is 1.33 bits per heavy atom. The van der Waals surface area contributed by atoms with Gasteiger partial charge in [-0.3, -0.25) is 0 Å². The van der Waals surface area contributed by atoms with E-state index < -0.39 is 0 Å². The van der Waals surface area contributed by atoms with Crippen molar-refractivity contribution in [3.8, 4) is 0 Å². The van der Waals surface area contributed by atoms with Crippen LogP contribution in [0.2, 0.25) is 0 Å². The SMILES string of the molecule is CC1(C)CCCC(n2cnc3ccccc32)C1O. The second-order valence-electron chi connectivity index (χ2n) is 6.03. The Morgan fingerprint density at radius 2 is 2.11 bits per heavy atom. The van der Waals surface area contributed by atoms with Gasteiger partial charge in [0.1, 0.15) is 0 Å². The highest BCUT2D eigenvalue weighted by molar-refractivity contribution is 5.75. The van der Waals surface area contributed by atoms with E-state index in [0.29, 0.717) is 0 Å². The predicted octanol–water partition coefficient (Wildman–Crippen LogP) is 3.15. The molecule has 2 atom stereocenters. The van der Waals surface area contributed by atoms with Gasteiger partial charge in [0, 0.05) is 0 Å². The van der Waals surface area contributed by atoms with Crippen molar-refractivity contribution in [2.75, 3.05) is 0 Å². The summed E-state index contributed by atoms with van der Waals surface area (Å²) < 4.78 is 2.15. The van der Waals surface area contributed by atoms with Crippen LogP contribution in [0.5, 0.6) is 0 Å². The highest BCUT2D eigenvalue weighted by Gasteiger charge is 2.38. The number of rotatable bonds is 1. The van der Waals surface area contributed by atoms with Crippen LogP contribution in [-0.2, 0) is 0 Å². The van der Waals surface area contributed by atoms with Crippen molar-refractivity contribution in [1.29, 1.82) is 0 Å². The molecule has 1 aromatic carbocycles. The molecule has 96 valence electrons. The average molecular weight is 244 g/mol. The van der Waals surface area contributed by atoms with Crippen LogP contribution in [0.25, 0.3) is 11.0 Å². The van der Waals surface area contributed by atoms with E-state index in [9.17, 15) is 5.11 Å². The number of imidazole rings is 1. The molecule has 3 heteroatoms. The van der Waals surface area contributed by atoms with Crippen LogP contribution in [0.3, 0.4) is 0 Å². The molecule has 0 aliphatic heterocycles. The van der Waals surface area contributed by atoms with E-state index in [1.807, 2.05) is 24.5 Å². The molecule has 1 aliphatic carbocycles. The fourth-order valence-electron chi connectivity index (χ4n) is 3.13. The number of fused-ring (bicyclic) bond motifs is 1. The molecule has 1 N–H and O–H groups in total. The van der Waals surface area contributed by atoms with E-state index in [-0.39, 0.29) is 17.6 Å². The molecule has 1 aliphatic rings. The van der Waals surface area contributed by atoms with E-state index in [4.69, 9.17) is 0 Å². The number of aliphatic hydroxyl groups excluding tert-OH is 1. The maximum absolute atomic E-state index is 10.6. The van der Waals surface area contributed by atoms with Crippen molar-refractivity contribution in [2.45, 2.75) is 45.3 Å². The van der Waals surface area contributed by atoms with Crippen molar-refractivity contribution in [3.05, 3.63) is 30.6 Å². The fourth-order valence-corrected chi connectivity index (χ4v) is 3.13. The minimum atomic E-state index is -0.302. The highest BCUT2D eigenvalue weighted by atomic mass is 16.3. The second kappa shape index (κ2) is 4.09. The molecule has 1 fully saturated rings. The first-order valence-corrected chi connectivity index (χ1v) is 6.69. The molecule has 3 nitrogen and oxygen atoms in total. The van der Waals surface area contributed by atoms with Crippen LogP contribution in [0.15, 0.2) is 30.6 Å². The standard InChI is InChI=1S/C15H20N2O/c1-15(2)9-5-8-13(14(15)18)17-10-16-11-6-3-4-7-12(11)17/h3-4,6-7,10,13-14,18H,5,8-9H2,1-2H3. The lowest BCUT2D eigenvalue weighted by Crippen LogP contribution is -2.40. The van der Waals surface area contributed by atoms with Gasteiger partial charge in [0.15, 0.2) is 0 Å². The Hall–Kier alpha value is -1.35. The number of aliphatic hydroxyl groups is 1. The molecule has 1 saturated carbocycles. The maximum atomic E-state index is 10.6. The third-order valence-electron chi connectivity index (χ3n) is 4.32. The first-order valence-electron chi connectivity index (χ1n) is 6.69. The highest BCUT2D eigenvalue weighted by Crippen LogP contribution is 2.42. The van der Waals surface area contributed by atoms with E-state index in [0.717, 1.165) is 23.9 Å². The third-order valence-corrected chi connectivity index (χ3v) is 4.32. The van der Waals surface area contributed by atoms with Gasteiger partial charge in [0.2, 0.25) is 0 Å². The first kappa shape index (κ1) is 11.7. The lowest BCUT2D eigenvalue weighted by molar-refractivity contribution is -0.0250. The van der Waals surface area contributed by atoms with Crippen molar-refractivity contribution in [2.24, 2.45) is 5.41 Å². The average Bonchev–Trinajstić information content (AvgIpc) is 2.76. The molecule has 1 heterocycles. The summed E-state index contributed by atoms with van der Waals surface area (Å²) in [4.78, 5) is 4.43. The molecule has 3 rings (SSSR count). The Balaban J connectivity index is 2.04. The van der Waals surface area contributed by atoms with Gasteiger partial charge in [0.05, 0.1) is 29.5 Å². The van der Waals surface area contributed by atoms with Crippen LogP contribution in [0.4, 0.5) is 0 Å². The van der Waals surface area contributed by atoms with Crippen LogP contribution in [-0.4, -0.2) is 20.8 Å². The summed E-state index contributed by atoms with van der Waals surface area (Å²) in [5.74, 6) is 0. The van der Waals surface area contributed by atoms with Crippen molar-refractivity contribution in [3.63, 3.8) is 0 Å². The topological polar surface area (TPSA) is 38.0 Å². The van der Waals surface area contributed by atoms with Crippen molar-refractivity contribution in [1.82, 2.24) is 9.55 Å². The summed E-state index contributed by atoms with van der Waals surface area (Å²) in [6.07, 6.45) is 4.87. The van der Waals surface area contributed by atoms with Gasteiger partial charge in [-0.05, 0) is 30.4 Å². The van der Waals surface area contributed by atoms with Gasteiger partial charge < -0.3 is 9.67 Å². The Labute approximate surface area is 107 Å². The molecular weight excluding hydrogens is 224 g/mol. The molecule has 2 unspecified atom stereocenters. The monoisotopic (exact) mass is 244 g/mol. The Kier molecular flexibility index (Phi) is 2.67. The third kappa shape index (κ3) is 1.74. The van der Waals surface area contributed by atoms with Crippen molar-refractivity contribution >= 4 is 11.0 Å². The largest absolute Gasteiger partial charge is 0.390 e. The fraction of sp³-hybridized carbons (Fsp3) is 0.533. The maximum Gasteiger partial charge on any atom is 0.0961 e. The molecule has 18 heavy (non-hydrogen) atoms. The lowest BCUT2D eigenvalue weighted by Gasteiger charge is -2.41. The molecule has 0 spiro atoms. The number of hydrogen-bond donors (Lipinski definition) is 1. The zero-order chi connectivity index (χ0) is 12.8. The Bertz CT molecular complexity index is 558. The number of para-hydroxylation sites is 2. The van der Waals surface area contributed by atoms with Gasteiger partial charge in [0.25, 0.3) is 0 Å². The van der Waals surface area contributed by atoms with Gasteiger partial charge in [-0.25, -0.2) is 4.98 Å². The number of aromatic nitrogens is 2.